The molecule has 1 aromatic heterocycles. The first-order chi connectivity index (χ1) is 11.2. The van der Waals surface area contributed by atoms with Gasteiger partial charge in [-0.3, -0.25) is 9.88 Å². The third kappa shape index (κ3) is 4.67. The van der Waals surface area contributed by atoms with Gasteiger partial charge in [0.25, 0.3) is 0 Å². The largest absolute Gasteiger partial charge is 0.508 e. The Kier molecular flexibility index (Phi) is 5.49. The summed E-state index contributed by atoms with van der Waals surface area (Å²) in [6.07, 6.45) is 5.89. The molecule has 0 amide bonds. The number of hydrogen-bond donors (Lipinski definition) is 2. The van der Waals surface area contributed by atoms with Gasteiger partial charge in [-0.05, 0) is 43.1 Å². The highest BCUT2D eigenvalue weighted by Gasteiger charge is 2.19. The molecule has 5 heteroatoms. The van der Waals surface area contributed by atoms with Gasteiger partial charge in [0.15, 0.2) is 0 Å². The van der Waals surface area contributed by atoms with E-state index in [0.717, 1.165) is 42.3 Å². The van der Waals surface area contributed by atoms with Crippen LogP contribution in [0.3, 0.4) is 0 Å². The molecule has 1 aliphatic rings. The monoisotopic (exact) mass is 331 g/mol. The Hall–Kier alpha value is -1.62. The van der Waals surface area contributed by atoms with Crippen molar-refractivity contribution in [2.75, 3.05) is 13.1 Å². The zero-order chi connectivity index (χ0) is 16.1. The van der Waals surface area contributed by atoms with E-state index in [-0.39, 0.29) is 0 Å². The first-order valence-electron chi connectivity index (χ1n) is 8.03. The van der Waals surface area contributed by atoms with Gasteiger partial charge in [0.2, 0.25) is 0 Å². The van der Waals surface area contributed by atoms with E-state index in [4.69, 9.17) is 11.6 Å². The molecule has 0 aliphatic carbocycles. The van der Waals surface area contributed by atoms with E-state index in [9.17, 15) is 5.11 Å². The van der Waals surface area contributed by atoms with Gasteiger partial charge in [0.1, 0.15) is 5.75 Å². The zero-order valence-corrected chi connectivity index (χ0v) is 13.8. The van der Waals surface area contributed by atoms with Crippen LogP contribution in [0.5, 0.6) is 5.75 Å². The number of benzene rings is 1. The van der Waals surface area contributed by atoms with E-state index >= 15 is 0 Å². The molecule has 1 aromatic carbocycles. The van der Waals surface area contributed by atoms with E-state index in [1.54, 1.807) is 12.3 Å². The van der Waals surface area contributed by atoms with Crippen LogP contribution in [0.15, 0.2) is 42.7 Å². The number of nitrogens with one attached hydrogen (secondary N) is 1. The van der Waals surface area contributed by atoms with Gasteiger partial charge in [-0.25, -0.2) is 0 Å². The highest BCUT2D eigenvalue weighted by Crippen LogP contribution is 2.18. The van der Waals surface area contributed by atoms with Crippen molar-refractivity contribution in [3.8, 4) is 5.75 Å². The maximum atomic E-state index is 9.58. The molecule has 122 valence electrons. The maximum absolute atomic E-state index is 9.58. The summed E-state index contributed by atoms with van der Waals surface area (Å²) in [5, 5.41) is 13.9. The van der Waals surface area contributed by atoms with Crippen molar-refractivity contribution < 1.29 is 5.11 Å². The zero-order valence-electron chi connectivity index (χ0n) is 13.1. The van der Waals surface area contributed by atoms with Gasteiger partial charge in [-0.2, -0.15) is 0 Å². The molecule has 1 fully saturated rings. The van der Waals surface area contributed by atoms with Crippen LogP contribution in [-0.2, 0) is 13.1 Å². The topological polar surface area (TPSA) is 48.4 Å². The number of aromatic hydroxyl groups is 1. The van der Waals surface area contributed by atoms with E-state index in [1.165, 1.54) is 12.8 Å². The highest BCUT2D eigenvalue weighted by atomic mass is 35.5. The molecule has 1 atom stereocenters. The minimum Gasteiger partial charge on any atom is -0.508 e. The van der Waals surface area contributed by atoms with Crippen LogP contribution in [0.4, 0.5) is 0 Å². The van der Waals surface area contributed by atoms with E-state index in [1.807, 2.05) is 24.4 Å². The molecule has 1 unspecified atom stereocenters. The molecule has 3 rings (SSSR count). The Balaban J connectivity index is 1.53. The average molecular weight is 332 g/mol. The maximum Gasteiger partial charge on any atom is 0.115 e. The first-order valence-corrected chi connectivity index (χ1v) is 8.40. The number of phenols is 1. The van der Waals surface area contributed by atoms with E-state index in [0.29, 0.717) is 11.8 Å². The Labute approximate surface area is 142 Å². The Morgan fingerprint density at radius 2 is 2.26 bits per heavy atom. The lowest BCUT2D eigenvalue weighted by Gasteiger charge is -2.33. The molecule has 23 heavy (non-hydrogen) atoms. The lowest BCUT2D eigenvalue weighted by molar-refractivity contribution is 0.182. The number of hydrogen-bond acceptors (Lipinski definition) is 4. The van der Waals surface area contributed by atoms with Crippen LogP contribution in [0.25, 0.3) is 0 Å². The van der Waals surface area contributed by atoms with Gasteiger partial charge in [0, 0.05) is 48.7 Å². The van der Waals surface area contributed by atoms with Crippen molar-refractivity contribution in [1.29, 1.82) is 0 Å². The SMILES string of the molecule is Oc1cccc(CN2CCCC(NCc3cnccc3Cl)C2)c1. The predicted molar refractivity (Wildman–Crippen MR) is 92.5 cm³/mol. The predicted octanol–water partition coefficient (Wildman–Crippen LogP) is 3.19. The first kappa shape index (κ1) is 16.2. The number of aromatic nitrogens is 1. The summed E-state index contributed by atoms with van der Waals surface area (Å²) < 4.78 is 0. The number of nitrogens with zero attached hydrogens (tertiary/aromatic N) is 2. The summed E-state index contributed by atoms with van der Waals surface area (Å²) in [6.45, 7) is 3.73. The molecular formula is C18H22ClN3O. The fraction of sp³-hybridized carbons (Fsp3) is 0.389. The summed E-state index contributed by atoms with van der Waals surface area (Å²) >= 11 is 6.18. The number of halogens is 1. The normalized spacial score (nSPS) is 18.9. The van der Waals surface area contributed by atoms with Crippen molar-refractivity contribution >= 4 is 11.6 Å². The molecule has 2 aromatic rings. The van der Waals surface area contributed by atoms with Crippen LogP contribution in [0.2, 0.25) is 5.02 Å². The summed E-state index contributed by atoms with van der Waals surface area (Å²) in [6, 6.07) is 9.79. The van der Waals surface area contributed by atoms with Crippen molar-refractivity contribution in [2.45, 2.75) is 32.0 Å². The standard InChI is InChI=1S/C18H22ClN3O/c19-18-6-7-20-10-15(18)11-21-16-4-2-8-22(13-16)12-14-3-1-5-17(23)9-14/h1,3,5-7,9-10,16,21,23H,2,4,8,11-13H2. The Morgan fingerprint density at radius 3 is 3.09 bits per heavy atom. The molecule has 4 nitrogen and oxygen atoms in total. The van der Waals surface area contributed by atoms with Gasteiger partial charge in [0.05, 0.1) is 0 Å². The van der Waals surface area contributed by atoms with Gasteiger partial charge in [-0.15, -0.1) is 0 Å². The second-order valence-corrected chi connectivity index (χ2v) is 6.50. The number of rotatable bonds is 5. The molecule has 1 saturated heterocycles. The van der Waals surface area contributed by atoms with Crippen LogP contribution in [0, 0.1) is 0 Å². The summed E-state index contributed by atoms with van der Waals surface area (Å²) in [7, 11) is 0. The lowest BCUT2D eigenvalue weighted by atomic mass is 10.0. The summed E-state index contributed by atoms with van der Waals surface area (Å²) in [5.74, 6) is 0.334. The molecule has 0 bridgehead atoms. The second kappa shape index (κ2) is 7.77. The number of piperidine rings is 1. The fourth-order valence-corrected chi connectivity index (χ4v) is 3.25. The number of likely N-dealkylation sites (tertiary alicyclic amines) is 1. The molecule has 0 spiro atoms. The van der Waals surface area contributed by atoms with E-state index < -0.39 is 0 Å². The molecule has 2 heterocycles. The molecule has 2 N–H and O–H groups in total. The van der Waals surface area contributed by atoms with Gasteiger partial charge in [-0.1, -0.05) is 23.7 Å². The van der Waals surface area contributed by atoms with Crippen molar-refractivity contribution in [1.82, 2.24) is 15.2 Å². The smallest absolute Gasteiger partial charge is 0.115 e. The van der Waals surface area contributed by atoms with Crippen LogP contribution < -0.4 is 5.32 Å². The quantitative estimate of drug-likeness (QED) is 0.883. The molecular weight excluding hydrogens is 310 g/mol. The average Bonchev–Trinajstić information content (AvgIpc) is 2.54. The summed E-state index contributed by atoms with van der Waals surface area (Å²) in [4.78, 5) is 6.56. The van der Waals surface area contributed by atoms with Crippen molar-refractivity contribution in [2.24, 2.45) is 0 Å². The third-order valence-electron chi connectivity index (χ3n) is 4.25. The third-order valence-corrected chi connectivity index (χ3v) is 4.62. The highest BCUT2D eigenvalue weighted by molar-refractivity contribution is 6.31. The van der Waals surface area contributed by atoms with Crippen molar-refractivity contribution in [3.05, 3.63) is 58.9 Å². The van der Waals surface area contributed by atoms with Crippen LogP contribution in [0.1, 0.15) is 24.0 Å². The Morgan fingerprint density at radius 1 is 1.35 bits per heavy atom. The van der Waals surface area contributed by atoms with Gasteiger partial charge < -0.3 is 10.4 Å². The van der Waals surface area contributed by atoms with E-state index in [2.05, 4.69) is 21.3 Å². The fourth-order valence-electron chi connectivity index (χ4n) is 3.07. The van der Waals surface area contributed by atoms with Gasteiger partial charge >= 0.3 is 0 Å². The van der Waals surface area contributed by atoms with Crippen molar-refractivity contribution in [3.63, 3.8) is 0 Å². The number of phenolic OH excluding ortho intramolecular Hbond substituents is 1. The summed E-state index contributed by atoms with van der Waals surface area (Å²) in [5.41, 5.74) is 2.19. The van der Waals surface area contributed by atoms with Crippen LogP contribution >= 0.6 is 11.6 Å². The minimum atomic E-state index is 0.334. The Bertz CT molecular complexity index is 650. The molecule has 1 aliphatic heterocycles. The second-order valence-electron chi connectivity index (χ2n) is 6.09. The lowest BCUT2D eigenvalue weighted by Crippen LogP contribution is -2.45. The molecule has 0 radical (unpaired) electrons. The number of pyridine rings is 1. The minimum absolute atomic E-state index is 0.334. The molecule has 0 saturated carbocycles. The van der Waals surface area contributed by atoms with Crippen LogP contribution in [-0.4, -0.2) is 34.1 Å².